The number of pyridine rings is 1. The van der Waals surface area contributed by atoms with E-state index in [1.165, 1.54) is 0 Å². The number of carbonyl (C=O) groups excluding carboxylic acids is 1. The van der Waals surface area contributed by atoms with Crippen LogP contribution in [0.5, 0.6) is 0 Å². The molecule has 1 aromatic heterocycles. The van der Waals surface area contributed by atoms with E-state index in [-0.39, 0.29) is 5.91 Å². The molecule has 5 heteroatoms. The van der Waals surface area contributed by atoms with Crippen molar-refractivity contribution in [1.29, 1.82) is 0 Å². The molecular weight excluding hydrogens is 216 g/mol. The third-order valence-electron chi connectivity index (χ3n) is 2.43. The molecule has 0 spiro atoms. The van der Waals surface area contributed by atoms with Crippen LogP contribution in [-0.4, -0.2) is 28.9 Å². The van der Waals surface area contributed by atoms with Gasteiger partial charge in [-0.3, -0.25) is 4.79 Å². The molecule has 0 radical (unpaired) electrons. The van der Waals surface area contributed by atoms with Gasteiger partial charge < -0.3 is 10.3 Å². The van der Waals surface area contributed by atoms with Gasteiger partial charge >= 0.3 is 0 Å². The summed E-state index contributed by atoms with van der Waals surface area (Å²) in [5.74, 6) is 6.16. The fraction of sp³-hybridized carbons (Fsp3) is 0.500. The lowest BCUT2D eigenvalue weighted by Crippen LogP contribution is -2.34. The van der Waals surface area contributed by atoms with Gasteiger partial charge in [0.1, 0.15) is 0 Å². The molecule has 17 heavy (non-hydrogen) atoms. The summed E-state index contributed by atoms with van der Waals surface area (Å²) in [4.78, 5) is 18.1. The van der Waals surface area contributed by atoms with Crippen LogP contribution in [0.3, 0.4) is 0 Å². The molecule has 0 fully saturated rings. The molecule has 0 saturated heterocycles. The Labute approximate surface area is 102 Å². The highest BCUT2D eigenvalue weighted by Gasteiger charge is 2.18. The van der Waals surface area contributed by atoms with Crippen LogP contribution in [0.4, 0.5) is 5.82 Å². The maximum Gasteiger partial charge on any atom is 0.257 e. The average Bonchev–Trinajstić information content (AvgIpc) is 2.34. The summed E-state index contributed by atoms with van der Waals surface area (Å²) < 4.78 is 0. The molecule has 0 bridgehead atoms. The summed E-state index contributed by atoms with van der Waals surface area (Å²) >= 11 is 0. The fourth-order valence-corrected chi connectivity index (χ4v) is 1.66. The van der Waals surface area contributed by atoms with Crippen LogP contribution in [0, 0.1) is 5.92 Å². The molecule has 0 aliphatic rings. The van der Waals surface area contributed by atoms with E-state index >= 15 is 0 Å². The van der Waals surface area contributed by atoms with Crippen LogP contribution >= 0.6 is 0 Å². The van der Waals surface area contributed by atoms with Crippen LogP contribution in [0.15, 0.2) is 18.3 Å². The Morgan fingerprint density at radius 3 is 2.82 bits per heavy atom. The number of nitrogen functional groups attached to an aromatic ring is 1. The quantitative estimate of drug-likeness (QED) is 0.600. The molecule has 0 aliphatic carbocycles. The SMILES string of the molecule is CCN(CC(C)C)C(=O)c1cccnc1NN. The van der Waals surface area contributed by atoms with E-state index in [4.69, 9.17) is 5.84 Å². The van der Waals surface area contributed by atoms with Gasteiger partial charge in [0.05, 0.1) is 5.56 Å². The van der Waals surface area contributed by atoms with E-state index in [9.17, 15) is 4.79 Å². The van der Waals surface area contributed by atoms with Crippen molar-refractivity contribution in [2.45, 2.75) is 20.8 Å². The van der Waals surface area contributed by atoms with Crippen molar-refractivity contribution >= 4 is 11.7 Å². The minimum absolute atomic E-state index is 0.0396. The second kappa shape index (κ2) is 6.20. The summed E-state index contributed by atoms with van der Waals surface area (Å²) in [6.45, 7) is 7.54. The normalized spacial score (nSPS) is 10.4. The Hall–Kier alpha value is -1.62. The van der Waals surface area contributed by atoms with Gasteiger partial charge in [0.25, 0.3) is 5.91 Å². The number of nitrogens with two attached hydrogens (primary N) is 1. The highest BCUT2D eigenvalue weighted by molar-refractivity contribution is 5.98. The molecular formula is C12H20N4O. The zero-order valence-corrected chi connectivity index (χ0v) is 10.6. The number of anilines is 1. The maximum absolute atomic E-state index is 12.3. The predicted molar refractivity (Wildman–Crippen MR) is 68.5 cm³/mol. The topological polar surface area (TPSA) is 71.2 Å². The van der Waals surface area contributed by atoms with Gasteiger partial charge in [-0.25, -0.2) is 10.8 Å². The van der Waals surface area contributed by atoms with E-state index in [1.807, 2.05) is 6.92 Å². The van der Waals surface area contributed by atoms with Crippen molar-refractivity contribution in [2.75, 3.05) is 18.5 Å². The lowest BCUT2D eigenvalue weighted by atomic mass is 10.1. The van der Waals surface area contributed by atoms with Gasteiger partial charge in [-0.1, -0.05) is 13.8 Å². The first-order valence-electron chi connectivity index (χ1n) is 5.81. The van der Waals surface area contributed by atoms with Crippen LogP contribution < -0.4 is 11.3 Å². The average molecular weight is 236 g/mol. The van der Waals surface area contributed by atoms with E-state index < -0.39 is 0 Å². The van der Waals surface area contributed by atoms with Crippen molar-refractivity contribution in [3.63, 3.8) is 0 Å². The minimum atomic E-state index is -0.0396. The fourth-order valence-electron chi connectivity index (χ4n) is 1.66. The summed E-state index contributed by atoms with van der Waals surface area (Å²) in [7, 11) is 0. The second-order valence-corrected chi connectivity index (χ2v) is 4.28. The monoisotopic (exact) mass is 236 g/mol. The predicted octanol–water partition coefficient (Wildman–Crippen LogP) is 1.49. The highest BCUT2D eigenvalue weighted by Crippen LogP contribution is 2.14. The molecule has 1 rings (SSSR count). The molecule has 1 aromatic rings. The number of hydrazine groups is 1. The number of carbonyl (C=O) groups is 1. The first-order valence-corrected chi connectivity index (χ1v) is 5.81. The number of aromatic nitrogens is 1. The molecule has 0 atom stereocenters. The van der Waals surface area contributed by atoms with Gasteiger partial charge in [0, 0.05) is 19.3 Å². The van der Waals surface area contributed by atoms with Crippen LogP contribution in [0.25, 0.3) is 0 Å². The molecule has 1 heterocycles. The lowest BCUT2D eigenvalue weighted by molar-refractivity contribution is 0.0746. The summed E-state index contributed by atoms with van der Waals surface area (Å²) in [6.07, 6.45) is 1.60. The van der Waals surface area contributed by atoms with Crippen LogP contribution in [0.2, 0.25) is 0 Å². The number of hydrogen-bond acceptors (Lipinski definition) is 4. The Morgan fingerprint density at radius 2 is 2.29 bits per heavy atom. The van der Waals surface area contributed by atoms with E-state index in [1.54, 1.807) is 23.2 Å². The number of nitrogens with zero attached hydrogens (tertiary/aromatic N) is 2. The van der Waals surface area contributed by atoms with Crippen molar-refractivity contribution < 1.29 is 4.79 Å². The first kappa shape index (κ1) is 13.4. The molecule has 0 aliphatic heterocycles. The number of amides is 1. The summed E-state index contributed by atoms with van der Waals surface area (Å²) in [5, 5.41) is 0. The number of nitrogens with one attached hydrogen (secondary N) is 1. The summed E-state index contributed by atoms with van der Waals surface area (Å²) in [6, 6.07) is 3.46. The van der Waals surface area contributed by atoms with E-state index in [0.29, 0.717) is 23.8 Å². The standard InChI is InChI=1S/C12H20N4O/c1-4-16(8-9(2)3)12(17)10-6-5-7-14-11(10)15-13/h5-7,9H,4,8,13H2,1-3H3,(H,14,15). The van der Waals surface area contributed by atoms with Crippen LogP contribution in [-0.2, 0) is 0 Å². The number of hydrogen-bond donors (Lipinski definition) is 2. The largest absolute Gasteiger partial charge is 0.339 e. The highest BCUT2D eigenvalue weighted by atomic mass is 16.2. The van der Waals surface area contributed by atoms with Gasteiger partial charge in [-0.2, -0.15) is 0 Å². The zero-order chi connectivity index (χ0) is 12.8. The minimum Gasteiger partial charge on any atom is -0.339 e. The Kier molecular flexibility index (Phi) is 4.90. The molecule has 0 aromatic carbocycles. The van der Waals surface area contributed by atoms with Gasteiger partial charge in [-0.05, 0) is 25.0 Å². The second-order valence-electron chi connectivity index (χ2n) is 4.28. The molecule has 1 amide bonds. The Bertz CT molecular complexity index is 379. The van der Waals surface area contributed by atoms with E-state index in [0.717, 1.165) is 6.54 Å². The van der Waals surface area contributed by atoms with Crippen molar-refractivity contribution in [2.24, 2.45) is 11.8 Å². The van der Waals surface area contributed by atoms with Crippen molar-refractivity contribution in [3.05, 3.63) is 23.9 Å². The molecule has 3 N–H and O–H groups in total. The molecule has 0 unspecified atom stereocenters. The van der Waals surface area contributed by atoms with Gasteiger partial charge in [0.15, 0.2) is 5.82 Å². The van der Waals surface area contributed by atoms with Crippen LogP contribution in [0.1, 0.15) is 31.1 Å². The summed E-state index contributed by atoms with van der Waals surface area (Å²) in [5.41, 5.74) is 2.96. The van der Waals surface area contributed by atoms with Gasteiger partial charge in [-0.15, -0.1) is 0 Å². The Balaban J connectivity index is 2.93. The molecule has 0 saturated carbocycles. The molecule has 94 valence electrons. The maximum atomic E-state index is 12.3. The lowest BCUT2D eigenvalue weighted by Gasteiger charge is -2.23. The first-order chi connectivity index (χ1) is 8.10. The number of rotatable bonds is 5. The van der Waals surface area contributed by atoms with E-state index in [2.05, 4.69) is 24.3 Å². The zero-order valence-electron chi connectivity index (χ0n) is 10.6. The smallest absolute Gasteiger partial charge is 0.257 e. The van der Waals surface area contributed by atoms with Crippen molar-refractivity contribution in [1.82, 2.24) is 9.88 Å². The van der Waals surface area contributed by atoms with Gasteiger partial charge in [0.2, 0.25) is 0 Å². The Morgan fingerprint density at radius 1 is 1.59 bits per heavy atom. The molecule has 5 nitrogen and oxygen atoms in total. The van der Waals surface area contributed by atoms with Crippen molar-refractivity contribution in [3.8, 4) is 0 Å². The third kappa shape index (κ3) is 3.42. The third-order valence-corrected chi connectivity index (χ3v) is 2.43.